The van der Waals surface area contributed by atoms with Gasteiger partial charge in [0.05, 0.1) is 16.6 Å². The fraction of sp³-hybridized carbons (Fsp3) is 0.720. The van der Waals surface area contributed by atoms with Gasteiger partial charge < -0.3 is 14.2 Å². The molecule has 0 N–H and O–H groups in total. The summed E-state index contributed by atoms with van der Waals surface area (Å²) in [5.41, 5.74) is 1.97. The molecule has 2 saturated heterocycles. The lowest BCUT2D eigenvalue weighted by atomic mass is 9.76. The van der Waals surface area contributed by atoms with Crippen molar-refractivity contribution in [2.75, 3.05) is 18.0 Å². The molecule has 0 aromatic heterocycles. The van der Waals surface area contributed by atoms with Gasteiger partial charge in [0.15, 0.2) is 0 Å². The van der Waals surface area contributed by atoms with Crippen molar-refractivity contribution in [3.05, 3.63) is 23.8 Å². The van der Waals surface area contributed by atoms with Crippen LogP contribution in [-0.4, -0.2) is 54.3 Å². The topological polar surface area (TPSA) is 42.0 Å². The van der Waals surface area contributed by atoms with Crippen LogP contribution >= 0.6 is 0 Å². The molecule has 0 spiro atoms. The van der Waals surface area contributed by atoms with Crippen molar-refractivity contribution >= 4 is 24.2 Å². The van der Waals surface area contributed by atoms with Gasteiger partial charge >= 0.3 is 7.12 Å². The van der Waals surface area contributed by atoms with Crippen LogP contribution < -0.4 is 10.4 Å². The second-order valence-corrected chi connectivity index (χ2v) is 12.2. The van der Waals surface area contributed by atoms with Gasteiger partial charge in [-0.25, -0.2) is 0 Å². The molecule has 1 aromatic carbocycles. The number of rotatable bonds is 3. The van der Waals surface area contributed by atoms with Crippen molar-refractivity contribution in [2.24, 2.45) is 11.8 Å². The van der Waals surface area contributed by atoms with Crippen molar-refractivity contribution in [3.63, 3.8) is 0 Å². The van der Waals surface area contributed by atoms with E-state index in [-0.39, 0.29) is 17.1 Å². The van der Waals surface area contributed by atoms with Crippen LogP contribution in [0.25, 0.3) is 0 Å². The molecule has 3 aliphatic heterocycles. The van der Waals surface area contributed by atoms with Crippen LogP contribution in [0.3, 0.4) is 0 Å². The Morgan fingerprint density at radius 2 is 1.52 bits per heavy atom. The summed E-state index contributed by atoms with van der Waals surface area (Å²) in [7, 11) is -0.401. The molecule has 0 bridgehead atoms. The minimum atomic E-state index is -0.482. The Morgan fingerprint density at radius 1 is 0.903 bits per heavy atom. The third kappa shape index (κ3) is 2.84. The van der Waals surface area contributed by atoms with Gasteiger partial charge in [-0.2, -0.15) is 0 Å². The van der Waals surface area contributed by atoms with Crippen LogP contribution in [0.4, 0.5) is 5.69 Å². The maximum atomic E-state index is 13.5. The number of piperidine rings is 1. The van der Waals surface area contributed by atoms with E-state index in [1.54, 1.807) is 0 Å². The van der Waals surface area contributed by atoms with Crippen molar-refractivity contribution in [2.45, 2.75) is 89.5 Å². The first-order valence-corrected chi connectivity index (χ1v) is 12.1. The normalized spacial score (nSPS) is 37.0. The zero-order valence-corrected chi connectivity index (χ0v) is 19.8. The van der Waals surface area contributed by atoms with Crippen molar-refractivity contribution in [1.82, 2.24) is 4.90 Å². The zero-order valence-electron chi connectivity index (χ0n) is 19.8. The van der Waals surface area contributed by atoms with Gasteiger partial charge in [0.25, 0.3) is 0 Å². The van der Waals surface area contributed by atoms with Crippen LogP contribution in [-0.2, 0) is 19.5 Å². The summed E-state index contributed by atoms with van der Waals surface area (Å²) in [5, 5.41) is 0. The van der Waals surface area contributed by atoms with E-state index in [2.05, 4.69) is 69.5 Å². The maximum Gasteiger partial charge on any atom is 0.494 e. The second kappa shape index (κ2) is 6.15. The number of carbonyl (C=O) groups is 1. The first-order chi connectivity index (χ1) is 14.5. The first-order valence-electron chi connectivity index (χ1n) is 12.1. The number of hydrogen-bond donors (Lipinski definition) is 0. The van der Waals surface area contributed by atoms with E-state index >= 15 is 0 Å². The molecule has 5 nitrogen and oxygen atoms in total. The average Bonchev–Trinajstić information content (AvgIpc) is 3.11. The molecule has 1 amide bonds. The maximum absolute atomic E-state index is 13.5. The summed E-state index contributed by atoms with van der Waals surface area (Å²) >= 11 is 0. The summed E-state index contributed by atoms with van der Waals surface area (Å²) in [6.07, 6.45) is 3.64. The number of likely N-dealkylation sites (tertiary alicyclic amines) is 1. The van der Waals surface area contributed by atoms with E-state index < -0.39 is 12.5 Å². The molecule has 2 atom stereocenters. The second-order valence-electron chi connectivity index (χ2n) is 12.2. The third-order valence-electron chi connectivity index (χ3n) is 9.21. The first kappa shape index (κ1) is 20.3. The Balaban J connectivity index is 1.26. The van der Waals surface area contributed by atoms with Gasteiger partial charge in [-0.1, -0.05) is 12.1 Å². The zero-order chi connectivity index (χ0) is 21.9. The van der Waals surface area contributed by atoms with Crippen molar-refractivity contribution in [3.8, 4) is 0 Å². The molecule has 5 aliphatic rings. The van der Waals surface area contributed by atoms with Crippen LogP contribution in [0.5, 0.6) is 0 Å². The van der Waals surface area contributed by atoms with Gasteiger partial charge in [0, 0.05) is 30.9 Å². The number of benzene rings is 1. The lowest BCUT2D eigenvalue weighted by molar-refractivity contribution is -0.123. The molecule has 3 heterocycles. The number of carbonyl (C=O) groups excluding carboxylic acids is 1. The lowest BCUT2D eigenvalue weighted by Gasteiger charge is -2.46. The van der Waals surface area contributed by atoms with E-state index in [4.69, 9.17) is 9.31 Å². The summed E-state index contributed by atoms with van der Waals surface area (Å²) in [5.74, 6) is 2.17. The molecule has 2 aliphatic carbocycles. The highest BCUT2D eigenvalue weighted by Gasteiger charge is 2.55. The molecular formula is C25H35BN2O3. The average molecular weight is 422 g/mol. The SMILES string of the molecule is CC1(C)C(=O)N([C@H]2C[C@@H](N3CC4CC4C3)C2)c2cc(B3OC(C)(C)C(C)(C)O3)ccc21. The summed E-state index contributed by atoms with van der Waals surface area (Å²) in [4.78, 5) is 18.3. The molecular weight excluding hydrogens is 387 g/mol. The number of fused-ring (bicyclic) bond motifs is 2. The smallest absolute Gasteiger partial charge is 0.399 e. The predicted octanol–water partition coefficient (Wildman–Crippen LogP) is 3.09. The van der Waals surface area contributed by atoms with Gasteiger partial charge in [0.1, 0.15) is 0 Å². The van der Waals surface area contributed by atoms with Crippen LogP contribution in [0.15, 0.2) is 18.2 Å². The Morgan fingerprint density at radius 3 is 2.13 bits per heavy atom. The molecule has 6 heteroatoms. The lowest BCUT2D eigenvalue weighted by Crippen LogP contribution is -2.56. The van der Waals surface area contributed by atoms with Crippen LogP contribution in [0.2, 0.25) is 0 Å². The molecule has 2 unspecified atom stereocenters. The Kier molecular flexibility index (Phi) is 4.02. The number of hydrogen-bond acceptors (Lipinski definition) is 4. The van der Waals surface area contributed by atoms with E-state index in [9.17, 15) is 4.79 Å². The fourth-order valence-corrected chi connectivity index (χ4v) is 6.09. The highest BCUT2D eigenvalue weighted by Crippen LogP contribution is 2.50. The number of nitrogens with zero attached hydrogens (tertiary/aromatic N) is 2. The summed E-state index contributed by atoms with van der Waals surface area (Å²) in [6, 6.07) is 7.33. The quantitative estimate of drug-likeness (QED) is 0.703. The largest absolute Gasteiger partial charge is 0.494 e. The summed E-state index contributed by atoms with van der Waals surface area (Å²) < 4.78 is 12.6. The van der Waals surface area contributed by atoms with E-state index in [0.29, 0.717) is 12.1 Å². The minimum absolute atomic E-state index is 0.237. The van der Waals surface area contributed by atoms with Gasteiger partial charge in [0.2, 0.25) is 5.91 Å². The molecule has 31 heavy (non-hydrogen) atoms. The van der Waals surface area contributed by atoms with Gasteiger partial charge in [-0.05, 0) is 89.7 Å². The Labute approximate surface area is 186 Å². The van der Waals surface area contributed by atoms with Gasteiger partial charge in [-0.3, -0.25) is 9.69 Å². The van der Waals surface area contributed by atoms with E-state index in [1.165, 1.54) is 19.5 Å². The fourth-order valence-electron chi connectivity index (χ4n) is 6.09. The standard InChI is InChI=1S/C25H35BN2O3/c1-23(2)20-8-7-17(26-30-24(3,4)25(5,6)31-26)10-21(20)28(22(23)29)19-11-18(12-19)27-13-15-9-16(15)14-27/h7-8,10,15-16,18-19H,9,11-14H2,1-6H3/t15?,16?,18-,19+. The van der Waals surface area contributed by atoms with E-state index in [1.807, 2.05) is 0 Å². The van der Waals surface area contributed by atoms with Crippen LogP contribution in [0.1, 0.15) is 66.4 Å². The highest BCUT2D eigenvalue weighted by atomic mass is 16.7. The molecule has 0 radical (unpaired) electrons. The molecule has 166 valence electrons. The minimum Gasteiger partial charge on any atom is -0.399 e. The predicted molar refractivity (Wildman–Crippen MR) is 123 cm³/mol. The van der Waals surface area contributed by atoms with Gasteiger partial charge in [-0.15, -0.1) is 0 Å². The van der Waals surface area contributed by atoms with Crippen molar-refractivity contribution < 1.29 is 14.1 Å². The number of anilines is 1. The summed E-state index contributed by atoms with van der Waals surface area (Å²) in [6.45, 7) is 15.0. The molecule has 6 rings (SSSR count). The van der Waals surface area contributed by atoms with Crippen molar-refractivity contribution in [1.29, 1.82) is 0 Å². The Hall–Kier alpha value is -1.37. The monoisotopic (exact) mass is 422 g/mol. The molecule has 1 aromatic rings. The Bertz CT molecular complexity index is 926. The van der Waals surface area contributed by atoms with E-state index in [0.717, 1.165) is 41.4 Å². The highest BCUT2D eigenvalue weighted by molar-refractivity contribution is 6.62. The molecule has 2 saturated carbocycles. The van der Waals surface area contributed by atoms with Crippen LogP contribution in [0, 0.1) is 11.8 Å². The molecule has 4 fully saturated rings. The number of amides is 1. The third-order valence-corrected chi connectivity index (χ3v) is 9.21.